The summed E-state index contributed by atoms with van der Waals surface area (Å²) >= 11 is 0. The number of rotatable bonds is 10. The summed E-state index contributed by atoms with van der Waals surface area (Å²) in [6, 6.07) is 30.5. The number of anilines is 4. The molecule has 5 N–H and O–H groups in total. The van der Waals surface area contributed by atoms with E-state index >= 15 is 0 Å². The van der Waals surface area contributed by atoms with Crippen LogP contribution in [0.3, 0.4) is 0 Å². The third kappa shape index (κ3) is 25.6. The summed E-state index contributed by atoms with van der Waals surface area (Å²) in [5.74, 6) is -13.4. The second-order valence-electron chi connectivity index (χ2n) is 27.4. The van der Waals surface area contributed by atoms with E-state index in [2.05, 4.69) is 26.5 Å². The van der Waals surface area contributed by atoms with Crippen LogP contribution in [0.2, 0.25) is 0 Å². The molecule has 23 amide bonds. The highest BCUT2D eigenvalue weighted by Gasteiger charge is 2.38. The van der Waals surface area contributed by atoms with Gasteiger partial charge in [-0.05, 0) is 163 Å². The predicted octanol–water partition coefficient (Wildman–Crippen LogP) is 5.69. The number of hydrogen-bond acceptors (Lipinski definition) is 27. The fourth-order valence-electron chi connectivity index (χ4n) is 10.2. The van der Waals surface area contributed by atoms with Crippen molar-refractivity contribution in [2.75, 3.05) is 19.6 Å². The van der Waals surface area contributed by atoms with Gasteiger partial charge in [-0.3, -0.25) is 122 Å². The number of benzene rings is 5. The molecule has 6 aromatic rings. The molecule has 4 aliphatic rings. The highest BCUT2D eigenvalue weighted by molar-refractivity contribution is 6.30. The number of nitrogens with one attached hydrogen (secondary N) is 3. The number of hydrazine groups is 4. The molecule has 123 heavy (non-hydrogen) atoms. The summed E-state index contributed by atoms with van der Waals surface area (Å²) in [4.78, 5) is 274. The zero-order valence-electron chi connectivity index (χ0n) is 67.8. The Morgan fingerprint density at radius 2 is 0.585 bits per heavy atom. The Balaban J connectivity index is 0.000000239. The van der Waals surface area contributed by atoms with E-state index in [0.717, 1.165) is 110 Å². The minimum absolute atomic E-state index is 0.0594. The van der Waals surface area contributed by atoms with Gasteiger partial charge in [-0.15, -0.1) is 15.2 Å². The zero-order valence-corrected chi connectivity index (χ0v) is 67.8. The molecule has 638 valence electrons. The molecular formula is C81H77N15O27. The lowest BCUT2D eigenvalue weighted by Crippen LogP contribution is -2.55. The summed E-state index contributed by atoms with van der Waals surface area (Å²) in [6.45, 7) is 18.5. The van der Waals surface area contributed by atoms with Gasteiger partial charge < -0.3 is 19.7 Å². The lowest BCUT2D eigenvalue weighted by atomic mass is 10.1. The molecule has 0 saturated heterocycles. The molecular weight excluding hydrogens is 1610 g/mol. The first-order valence-corrected chi connectivity index (χ1v) is 35.7. The van der Waals surface area contributed by atoms with E-state index in [0.29, 0.717) is 47.8 Å². The number of carbonyl (C=O) groups excluding carboxylic acids is 23. The standard InChI is InChI=1S/C20H21N3O7.C18H19N3O6.2C15H13N3O5.C13H11N3O4/c1-12(24)22(23(13(2)25)19(29)30-20(3,4)5)18(28)14-6-8-15(9-7-14)21-16(26)10-11-17(21)27;1-11(22)21(17(26)27-18(2,3)4)19-16(25)12-5-7-13(8-6-12)20-14(23)9-10-15(20)24;1-9(19)18(10(2)20)16-15(23)11-3-5-12(6-4-11)17-13(21)7-8-14(17)22;1-9(19)16-18(10(2)20)15(23)11-3-5-12(6-4-11)17-13(21)7-8-14(17)22;1-8(17)14-15-13(20)9-2-4-10(5-3-9)16-11(18)6-7-12(16)19/h6-11H,1-5H3;5-10H,1-4H3,(H,19,25);3-8H,1-2H3,(H,16,23);3-8H,1-2H3,(H,16,19);2-7,18-19H,1H3. The normalized spacial score (nSPS) is 12.9. The van der Waals surface area contributed by atoms with Crippen molar-refractivity contribution < 1.29 is 130 Å². The summed E-state index contributed by atoms with van der Waals surface area (Å²) in [5.41, 5.74) is 6.83. The van der Waals surface area contributed by atoms with Gasteiger partial charge in [0.25, 0.3) is 82.7 Å². The van der Waals surface area contributed by atoms with Gasteiger partial charge >= 0.3 is 12.2 Å². The Morgan fingerprint density at radius 3 is 0.870 bits per heavy atom. The van der Waals surface area contributed by atoms with Crippen LogP contribution in [0, 0.1) is 0 Å². The van der Waals surface area contributed by atoms with Crippen molar-refractivity contribution in [1.82, 2.24) is 45.9 Å². The molecule has 0 unspecified atom stereocenters. The van der Waals surface area contributed by atoms with Gasteiger partial charge in [0.05, 0.1) is 28.4 Å². The Hall–Kier alpha value is -16.9. The smallest absolute Gasteiger partial charge is 0.437 e. The van der Waals surface area contributed by atoms with Gasteiger partial charge in [-0.25, -0.2) is 29.2 Å². The second kappa shape index (κ2) is 40.8. The van der Waals surface area contributed by atoms with Crippen LogP contribution >= 0.6 is 0 Å². The van der Waals surface area contributed by atoms with Crippen molar-refractivity contribution in [1.29, 1.82) is 0 Å². The molecule has 5 aromatic carbocycles. The van der Waals surface area contributed by atoms with E-state index in [4.69, 9.17) is 9.47 Å². The van der Waals surface area contributed by atoms with Crippen LogP contribution in [0.5, 0.6) is 11.8 Å². The third-order valence-corrected chi connectivity index (χ3v) is 15.5. The fraction of sp³-hybridized carbons (Fsp3) is 0.198. The maximum Gasteiger partial charge on any atom is 0.437 e. The minimum atomic E-state index is -1.19. The molecule has 0 aliphatic carbocycles. The van der Waals surface area contributed by atoms with Crippen LogP contribution in [0.15, 0.2) is 192 Å². The maximum absolute atomic E-state index is 12.9. The van der Waals surface area contributed by atoms with E-state index in [1.54, 1.807) is 41.5 Å². The SMILES string of the molecule is CC(=O)N(C(=O)OC(C)(C)C)N(C(C)=O)C(=O)c1ccc(N2C(=O)C=CC2=O)cc1.CC(=O)N(NC(=O)c1ccc(N2C(=O)C=CC2=O)cc1)C(=O)OC(C)(C)C.CC(=O)N(NC(=O)c1ccc(N2C(=O)C=CC2=O)cc1)C(C)=O.CC(=O)N=NC(=O)c1ccc(-n2c(O)ccc2O)cc1.CC(=O)NN(C(C)=O)C(=O)c1ccc(N2C(=O)C=CC2=O)cc1. The number of ether oxygens (including phenoxy) is 2. The number of imide groups is 9. The lowest BCUT2D eigenvalue weighted by molar-refractivity contribution is -0.153. The van der Waals surface area contributed by atoms with Crippen molar-refractivity contribution in [3.05, 3.63) is 210 Å². The number of azo groups is 1. The fourth-order valence-corrected chi connectivity index (χ4v) is 10.2. The number of aromatic hydroxyl groups is 2. The molecule has 0 bridgehead atoms. The average molecular weight is 1690 g/mol. The van der Waals surface area contributed by atoms with E-state index in [1.807, 2.05) is 0 Å². The van der Waals surface area contributed by atoms with E-state index < -0.39 is 147 Å². The molecule has 0 saturated carbocycles. The van der Waals surface area contributed by atoms with Gasteiger partial charge in [-0.2, -0.15) is 20.0 Å². The van der Waals surface area contributed by atoms with Gasteiger partial charge in [0.15, 0.2) is 11.8 Å². The molecule has 0 radical (unpaired) electrons. The van der Waals surface area contributed by atoms with Crippen LogP contribution in [-0.4, -0.2) is 187 Å². The van der Waals surface area contributed by atoms with Crippen molar-refractivity contribution in [3.8, 4) is 17.4 Å². The second-order valence-corrected chi connectivity index (χ2v) is 27.4. The maximum atomic E-state index is 12.9. The molecule has 5 heterocycles. The summed E-state index contributed by atoms with van der Waals surface area (Å²) in [5, 5.41) is 27.9. The van der Waals surface area contributed by atoms with Gasteiger partial charge in [0.1, 0.15) is 11.2 Å². The quantitative estimate of drug-likeness (QED) is 0.0625. The first-order chi connectivity index (χ1) is 57.4. The van der Waals surface area contributed by atoms with Gasteiger partial charge in [-0.1, -0.05) is 0 Å². The van der Waals surface area contributed by atoms with Crippen LogP contribution in [0.4, 0.5) is 32.3 Å². The number of nitrogens with zero attached hydrogens (tertiary/aromatic N) is 12. The van der Waals surface area contributed by atoms with Crippen molar-refractivity contribution in [3.63, 3.8) is 0 Å². The van der Waals surface area contributed by atoms with Crippen molar-refractivity contribution >= 4 is 159 Å². The highest BCUT2D eigenvalue weighted by atomic mass is 16.6. The summed E-state index contributed by atoms with van der Waals surface area (Å²) in [7, 11) is 0. The van der Waals surface area contributed by atoms with Crippen molar-refractivity contribution in [2.45, 2.75) is 108 Å². The zero-order chi connectivity index (χ0) is 92.1. The molecule has 10 rings (SSSR count). The van der Waals surface area contributed by atoms with Crippen LogP contribution in [0.1, 0.15) is 149 Å². The molecule has 0 fully saturated rings. The summed E-state index contributed by atoms with van der Waals surface area (Å²) < 4.78 is 11.4. The highest BCUT2D eigenvalue weighted by Crippen LogP contribution is 2.29. The Morgan fingerprint density at radius 1 is 0.309 bits per heavy atom. The van der Waals surface area contributed by atoms with Gasteiger partial charge in [0, 0.05) is 144 Å². The number of aromatic nitrogens is 1. The Labute approximate surface area is 697 Å². The molecule has 42 nitrogen and oxygen atoms in total. The predicted molar refractivity (Wildman–Crippen MR) is 424 cm³/mol. The lowest BCUT2D eigenvalue weighted by Gasteiger charge is -2.31. The van der Waals surface area contributed by atoms with Crippen molar-refractivity contribution in [2.24, 2.45) is 10.2 Å². The molecule has 1 aromatic heterocycles. The number of hydrogen-bond donors (Lipinski definition) is 5. The van der Waals surface area contributed by atoms with Crippen LogP contribution in [-0.2, 0) is 86.2 Å². The molecule has 0 atom stereocenters. The number of amides is 23. The first-order valence-electron chi connectivity index (χ1n) is 35.7. The topological polar surface area (TPSA) is 546 Å². The van der Waals surface area contributed by atoms with Gasteiger partial charge in [0.2, 0.25) is 41.4 Å². The first kappa shape index (κ1) is 95.0. The number of carbonyl (C=O) groups is 23. The van der Waals surface area contributed by atoms with E-state index in [1.165, 1.54) is 152 Å². The molecule has 0 spiro atoms. The molecule has 4 aliphatic heterocycles. The Bertz CT molecular complexity index is 5410. The van der Waals surface area contributed by atoms with Crippen LogP contribution < -0.4 is 35.9 Å². The van der Waals surface area contributed by atoms with E-state index in [-0.39, 0.29) is 45.3 Å². The third-order valence-electron chi connectivity index (χ3n) is 15.5. The van der Waals surface area contributed by atoms with Crippen LogP contribution in [0.25, 0.3) is 5.69 Å². The minimum Gasteiger partial charge on any atom is -0.494 e. The van der Waals surface area contributed by atoms with E-state index in [9.17, 15) is 120 Å². The summed E-state index contributed by atoms with van der Waals surface area (Å²) in [6.07, 6.45) is 6.93. The monoisotopic (exact) mass is 1690 g/mol. The Kier molecular flexibility index (Phi) is 31.5. The average Bonchev–Trinajstić information content (AvgIpc) is 1.76. The molecule has 42 heteroatoms. The largest absolute Gasteiger partial charge is 0.494 e.